The zero-order chi connectivity index (χ0) is 31.3. The third-order valence-corrected chi connectivity index (χ3v) is 10.6. The second-order valence-corrected chi connectivity index (χ2v) is 14.5. The average molecular weight is 654 g/mol. The van der Waals surface area contributed by atoms with Gasteiger partial charge in [0.2, 0.25) is 0 Å². The van der Waals surface area contributed by atoms with Crippen LogP contribution in [0, 0.1) is 5.82 Å². The summed E-state index contributed by atoms with van der Waals surface area (Å²) in [5.74, 6) is 0.866. The quantitative estimate of drug-likeness (QED) is 0.133. The van der Waals surface area contributed by atoms with Crippen molar-refractivity contribution in [2.45, 2.75) is 45.1 Å². The van der Waals surface area contributed by atoms with Crippen molar-refractivity contribution >= 4 is 55.2 Å². The molecular formula is C32H33ClFN5O3S2. The van der Waals surface area contributed by atoms with Crippen LogP contribution >= 0.6 is 22.9 Å². The summed E-state index contributed by atoms with van der Waals surface area (Å²) in [6.07, 6.45) is 2.28. The Balaban J connectivity index is 1.30. The maximum Gasteiger partial charge on any atom is 0.153 e. The molecule has 0 aliphatic carbocycles. The van der Waals surface area contributed by atoms with Gasteiger partial charge in [0.25, 0.3) is 0 Å². The van der Waals surface area contributed by atoms with Gasteiger partial charge in [-0.1, -0.05) is 36.7 Å². The van der Waals surface area contributed by atoms with Gasteiger partial charge in [0.05, 0.1) is 33.3 Å². The van der Waals surface area contributed by atoms with Crippen LogP contribution in [0.4, 0.5) is 15.9 Å². The molecule has 0 fully saturated rings. The number of thiazole rings is 1. The number of benzene rings is 3. The second kappa shape index (κ2) is 14.0. The van der Waals surface area contributed by atoms with E-state index in [0.717, 1.165) is 33.6 Å². The zero-order valence-corrected chi connectivity index (χ0v) is 26.9. The number of ether oxygens (including phenoxy) is 1. The van der Waals surface area contributed by atoms with Gasteiger partial charge in [0.15, 0.2) is 9.84 Å². The first kappa shape index (κ1) is 31.8. The lowest BCUT2D eigenvalue weighted by Crippen LogP contribution is -2.29. The Labute approximate surface area is 265 Å². The third-order valence-electron chi connectivity index (χ3n) is 7.13. The van der Waals surface area contributed by atoms with Crippen LogP contribution in [0.3, 0.4) is 0 Å². The molecule has 8 nitrogen and oxygen atoms in total. The number of halogens is 2. The Morgan fingerprint density at radius 2 is 1.91 bits per heavy atom. The molecule has 2 aromatic heterocycles. The molecule has 44 heavy (non-hydrogen) atoms. The number of sulfone groups is 1. The predicted octanol–water partition coefficient (Wildman–Crippen LogP) is 7.73. The van der Waals surface area contributed by atoms with Crippen molar-refractivity contribution < 1.29 is 17.5 Å². The molecule has 0 aliphatic rings. The maximum atomic E-state index is 13.5. The molecule has 1 unspecified atom stereocenters. The second-order valence-electron chi connectivity index (χ2n) is 10.5. The molecule has 5 aromatic rings. The van der Waals surface area contributed by atoms with Crippen molar-refractivity contribution in [2.75, 3.05) is 17.6 Å². The van der Waals surface area contributed by atoms with Crippen molar-refractivity contribution in [3.63, 3.8) is 0 Å². The lowest BCUT2D eigenvalue weighted by atomic mass is 10.1. The minimum atomic E-state index is -3.11. The maximum absolute atomic E-state index is 13.5. The van der Waals surface area contributed by atoms with E-state index in [1.807, 2.05) is 29.6 Å². The number of aromatic nitrogens is 3. The number of nitrogens with one attached hydrogen (secondary N) is 2. The first-order valence-electron chi connectivity index (χ1n) is 14.2. The number of hydrogen-bond donors (Lipinski definition) is 2. The highest BCUT2D eigenvalue weighted by molar-refractivity contribution is 7.92. The van der Waals surface area contributed by atoms with E-state index in [9.17, 15) is 12.8 Å². The molecule has 0 saturated carbocycles. The van der Waals surface area contributed by atoms with Crippen LogP contribution in [0.2, 0.25) is 5.02 Å². The van der Waals surface area contributed by atoms with E-state index in [1.165, 1.54) is 18.5 Å². The summed E-state index contributed by atoms with van der Waals surface area (Å²) in [5.41, 5.74) is 3.92. The molecule has 1 atom stereocenters. The third kappa shape index (κ3) is 7.71. The topological polar surface area (TPSA) is 106 Å². The molecule has 0 amide bonds. The minimum absolute atomic E-state index is 0.0392. The van der Waals surface area contributed by atoms with Gasteiger partial charge in [0, 0.05) is 28.6 Å². The lowest BCUT2D eigenvalue weighted by Gasteiger charge is -2.15. The number of nitrogens with zero attached hydrogens (tertiary/aromatic N) is 3. The van der Waals surface area contributed by atoms with Crippen molar-refractivity contribution in [3.05, 3.63) is 93.8 Å². The fraction of sp³-hybridized carbons (Fsp3) is 0.281. The molecular weight excluding hydrogens is 621 g/mol. The van der Waals surface area contributed by atoms with Gasteiger partial charge in [-0.05, 0) is 68.3 Å². The highest BCUT2D eigenvalue weighted by atomic mass is 35.5. The van der Waals surface area contributed by atoms with E-state index >= 15 is 0 Å². The number of anilines is 2. The summed E-state index contributed by atoms with van der Waals surface area (Å²) in [6, 6.07) is 17.4. The van der Waals surface area contributed by atoms with Crippen LogP contribution in [0.1, 0.15) is 43.8 Å². The number of fused-ring (bicyclic) bond motifs is 1. The molecule has 3 aromatic carbocycles. The summed E-state index contributed by atoms with van der Waals surface area (Å²) in [6.45, 7) is 6.02. The highest BCUT2D eigenvalue weighted by Gasteiger charge is 2.19. The molecule has 0 spiro atoms. The fourth-order valence-electron chi connectivity index (χ4n) is 4.53. The Bertz CT molecular complexity index is 1870. The Hall–Kier alpha value is -3.64. The number of rotatable bonds is 13. The standard InChI is InChI=1S/C32H33ClFN5O3S2/c1-4-27(35-12-13-44(40,41)20(2)3)32-39-29(18-43-32)22-8-10-28-25(15-22)31(37-19-36-28)38-24-9-11-30(26(33)16-24)42-17-21-6-5-7-23(34)14-21/h5-11,14-16,18-20,27,35H,4,12-13,17H2,1-3H3,(H,36,37,38). The van der Waals surface area contributed by atoms with Crippen LogP contribution < -0.4 is 15.4 Å². The van der Waals surface area contributed by atoms with E-state index < -0.39 is 15.1 Å². The molecule has 0 bridgehead atoms. The smallest absolute Gasteiger partial charge is 0.153 e. The van der Waals surface area contributed by atoms with Gasteiger partial charge in [-0.2, -0.15) is 0 Å². The van der Waals surface area contributed by atoms with Crippen LogP contribution in [-0.4, -0.2) is 40.9 Å². The van der Waals surface area contributed by atoms with Crippen LogP contribution in [0.15, 0.2) is 72.4 Å². The average Bonchev–Trinajstić information content (AvgIpc) is 3.49. The van der Waals surface area contributed by atoms with Gasteiger partial charge in [-0.15, -0.1) is 11.3 Å². The summed E-state index contributed by atoms with van der Waals surface area (Å²) >= 11 is 8.05. The summed E-state index contributed by atoms with van der Waals surface area (Å²) in [5, 5.41) is 10.4. The predicted molar refractivity (Wildman–Crippen MR) is 176 cm³/mol. The van der Waals surface area contributed by atoms with E-state index in [-0.39, 0.29) is 24.2 Å². The lowest BCUT2D eigenvalue weighted by molar-refractivity contribution is 0.306. The van der Waals surface area contributed by atoms with Gasteiger partial charge >= 0.3 is 0 Å². The van der Waals surface area contributed by atoms with Crippen LogP contribution in [0.25, 0.3) is 22.2 Å². The van der Waals surface area contributed by atoms with Crippen LogP contribution in [-0.2, 0) is 16.4 Å². The normalized spacial score (nSPS) is 12.5. The first-order chi connectivity index (χ1) is 21.1. The Morgan fingerprint density at radius 1 is 1.07 bits per heavy atom. The van der Waals surface area contributed by atoms with Crippen molar-refractivity contribution in [1.29, 1.82) is 0 Å². The monoisotopic (exact) mass is 653 g/mol. The molecule has 0 aliphatic heterocycles. The van der Waals surface area contributed by atoms with Crippen LogP contribution in [0.5, 0.6) is 5.75 Å². The van der Waals surface area contributed by atoms with Crippen molar-refractivity contribution in [3.8, 4) is 17.0 Å². The Kier molecular flexibility index (Phi) is 10.1. The summed E-state index contributed by atoms with van der Waals surface area (Å²) in [4.78, 5) is 13.8. The molecule has 5 rings (SSSR count). The number of hydrogen-bond acceptors (Lipinski definition) is 9. The molecule has 2 heterocycles. The van der Waals surface area contributed by atoms with Crippen molar-refractivity contribution in [1.82, 2.24) is 20.3 Å². The van der Waals surface area contributed by atoms with E-state index in [2.05, 4.69) is 27.5 Å². The molecule has 0 saturated heterocycles. The molecule has 2 N–H and O–H groups in total. The van der Waals surface area contributed by atoms with E-state index in [4.69, 9.17) is 21.3 Å². The van der Waals surface area contributed by atoms with E-state index in [1.54, 1.807) is 49.4 Å². The zero-order valence-electron chi connectivity index (χ0n) is 24.6. The minimum Gasteiger partial charge on any atom is -0.487 e. The first-order valence-corrected chi connectivity index (χ1v) is 17.2. The van der Waals surface area contributed by atoms with Gasteiger partial charge in [-0.25, -0.2) is 27.8 Å². The van der Waals surface area contributed by atoms with Gasteiger partial charge < -0.3 is 15.4 Å². The fourth-order valence-corrected chi connectivity index (χ4v) is 6.63. The molecule has 12 heteroatoms. The Morgan fingerprint density at radius 3 is 2.66 bits per heavy atom. The summed E-state index contributed by atoms with van der Waals surface area (Å²) < 4.78 is 43.7. The summed E-state index contributed by atoms with van der Waals surface area (Å²) in [7, 11) is -3.11. The van der Waals surface area contributed by atoms with Gasteiger partial charge in [-0.3, -0.25) is 0 Å². The van der Waals surface area contributed by atoms with E-state index in [0.29, 0.717) is 34.4 Å². The highest BCUT2D eigenvalue weighted by Crippen LogP contribution is 2.33. The van der Waals surface area contributed by atoms with Gasteiger partial charge in [0.1, 0.15) is 35.3 Å². The molecule has 230 valence electrons. The largest absolute Gasteiger partial charge is 0.487 e. The van der Waals surface area contributed by atoms with Crippen molar-refractivity contribution in [2.24, 2.45) is 0 Å². The SMILES string of the molecule is CCC(NCCS(=O)(=O)C(C)C)c1nc(-c2ccc3ncnc(Nc4ccc(OCc5cccc(F)c5)c(Cl)c4)c3c2)cs1. The molecule has 0 radical (unpaired) electrons.